The third kappa shape index (κ3) is 2.72. The predicted molar refractivity (Wildman–Crippen MR) is 50.0 cm³/mol. The third-order valence-corrected chi connectivity index (χ3v) is 3.00. The Bertz CT molecular complexity index is 231. The van der Waals surface area contributed by atoms with E-state index in [1.165, 1.54) is 0 Å². The summed E-state index contributed by atoms with van der Waals surface area (Å²) in [5.74, 6) is -1.32. The van der Waals surface area contributed by atoms with Crippen molar-refractivity contribution in [3.05, 3.63) is 0 Å². The van der Waals surface area contributed by atoms with Crippen molar-refractivity contribution in [2.45, 2.75) is 39.0 Å². The van der Waals surface area contributed by atoms with Gasteiger partial charge >= 0.3 is 11.9 Å². The molecular formula is C10H16O4. The number of hydrogen-bond acceptors (Lipinski definition) is 2. The lowest BCUT2D eigenvalue weighted by Crippen LogP contribution is -2.24. The molecule has 0 aromatic rings. The molecule has 1 rings (SSSR count). The van der Waals surface area contributed by atoms with Crippen LogP contribution in [0.15, 0.2) is 0 Å². The van der Waals surface area contributed by atoms with Crippen molar-refractivity contribution < 1.29 is 19.8 Å². The minimum atomic E-state index is -0.889. The average molecular weight is 200 g/mol. The van der Waals surface area contributed by atoms with Crippen molar-refractivity contribution in [1.82, 2.24) is 0 Å². The van der Waals surface area contributed by atoms with Gasteiger partial charge in [0.1, 0.15) is 0 Å². The molecule has 4 heteroatoms. The van der Waals surface area contributed by atoms with Crippen LogP contribution >= 0.6 is 0 Å². The molecule has 0 aliphatic heterocycles. The SMILES string of the molecule is C[C@@H]1CCC(CC(=O)O)(CC(=O)O)C1. The van der Waals surface area contributed by atoms with Gasteiger partial charge in [-0.3, -0.25) is 9.59 Å². The van der Waals surface area contributed by atoms with Crippen LogP contribution < -0.4 is 0 Å². The summed E-state index contributed by atoms with van der Waals surface area (Å²) in [5, 5.41) is 17.5. The first-order valence-corrected chi connectivity index (χ1v) is 4.87. The van der Waals surface area contributed by atoms with E-state index in [9.17, 15) is 9.59 Å². The minimum absolute atomic E-state index is 0.0103. The highest BCUT2D eigenvalue weighted by molar-refractivity contribution is 5.72. The molecule has 1 aliphatic carbocycles. The Labute approximate surface area is 82.9 Å². The van der Waals surface area contributed by atoms with Crippen molar-refractivity contribution in [1.29, 1.82) is 0 Å². The van der Waals surface area contributed by atoms with E-state index in [-0.39, 0.29) is 12.8 Å². The fourth-order valence-corrected chi connectivity index (χ4v) is 2.52. The van der Waals surface area contributed by atoms with Crippen LogP contribution in [-0.4, -0.2) is 22.2 Å². The number of carboxylic acid groups (broad SMARTS) is 2. The molecule has 4 nitrogen and oxygen atoms in total. The van der Waals surface area contributed by atoms with Gasteiger partial charge < -0.3 is 10.2 Å². The molecule has 0 bridgehead atoms. The Morgan fingerprint density at radius 3 is 2.07 bits per heavy atom. The fourth-order valence-electron chi connectivity index (χ4n) is 2.52. The number of carboxylic acids is 2. The van der Waals surface area contributed by atoms with Crippen LogP contribution in [0.4, 0.5) is 0 Å². The Balaban J connectivity index is 2.69. The number of aliphatic carboxylic acids is 2. The summed E-state index contributed by atoms with van der Waals surface area (Å²) in [7, 11) is 0. The molecule has 0 amide bonds. The van der Waals surface area contributed by atoms with Crippen molar-refractivity contribution in [3.63, 3.8) is 0 Å². The highest BCUT2D eigenvalue weighted by Gasteiger charge is 2.40. The van der Waals surface area contributed by atoms with E-state index in [2.05, 4.69) is 0 Å². The van der Waals surface area contributed by atoms with E-state index >= 15 is 0 Å². The Hall–Kier alpha value is -1.06. The van der Waals surface area contributed by atoms with Gasteiger partial charge in [-0.2, -0.15) is 0 Å². The molecule has 0 aromatic carbocycles. The third-order valence-electron chi connectivity index (χ3n) is 3.00. The first-order chi connectivity index (χ1) is 6.43. The highest BCUT2D eigenvalue weighted by Crippen LogP contribution is 2.46. The summed E-state index contributed by atoms with van der Waals surface area (Å²) in [4.78, 5) is 21.3. The maximum Gasteiger partial charge on any atom is 0.303 e. The topological polar surface area (TPSA) is 74.6 Å². The molecule has 1 fully saturated rings. The van der Waals surface area contributed by atoms with E-state index in [0.29, 0.717) is 5.92 Å². The zero-order valence-corrected chi connectivity index (χ0v) is 8.32. The number of rotatable bonds is 4. The van der Waals surface area contributed by atoms with Crippen molar-refractivity contribution >= 4 is 11.9 Å². The number of carbonyl (C=O) groups is 2. The van der Waals surface area contributed by atoms with Gasteiger partial charge in [0.2, 0.25) is 0 Å². The second-order valence-electron chi connectivity index (χ2n) is 4.49. The van der Waals surface area contributed by atoms with Crippen molar-refractivity contribution in [3.8, 4) is 0 Å². The van der Waals surface area contributed by atoms with Crippen LogP contribution in [0.2, 0.25) is 0 Å². The van der Waals surface area contributed by atoms with E-state index in [1.54, 1.807) is 0 Å². The fraction of sp³-hybridized carbons (Fsp3) is 0.800. The van der Waals surface area contributed by atoms with Gasteiger partial charge in [-0.15, -0.1) is 0 Å². The quantitative estimate of drug-likeness (QED) is 0.724. The number of hydrogen-bond donors (Lipinski definition) is 2. The summed E-state index contributed by atoms with van der Waals surface area (Å²) >= 11 is 0. The molecule has 0 radical (unpaired) electrons. The van der Waals surface area contributed by atoms with E-state index in [4.69, 9.17) is 10.2 Å². The molecule has 0 heterocycles. The molecule has 14 heavy (non-hydrogen) atoms. The van der Waals surface area contributed by atoms with Gasteiger partial charge in [0.15, 0.2) is 0 Å². The monoisotopic (exact) mass is 200 g/mol. The van der Waals surface area contributed by atoms with E-state index in [1.807, 2.05) is 6.92 Å². The Morgan fingerprint density at radius 2 is 1.79 bits per heavy atom. The standard InChI is InChI=1S/C10H16O4/c1-7-2-3-10(4-7,5-8(11)12)6-9(13)14/h7H,2-6H2,1H3,(H,11,12)(H,13,14)/t7-/m1/s1. The summed E-state index contributed by atoms with van der Waals surface area (Å²) in [6.45, 7) is 2.05. The van der Waals surface area contributed by atoms with Gasteiger partial charge in [0.25, 0.3) is 0 Å². The Kier molecular flexibility index (Phi) is 3.13. The molecule has 1 aliphatic rings. The van der Waals surface area contributed by atoms with Gasteiger partial charge in [-0.25, -0.2) is 0 Å². The van der Waals surface area contributed by atoms with Crippen LogP contribution in [0.5, 0.6) is 0 Å². The van der Waals surface area contributed by atoms with Crippen LogP contribution in [0.1, 0.15) is 39.0 Å². The minimum Gasteiger partial charge on any atom is -0.481 e. The smallest absolute Gasteiger partial charge is 0.303 e. The molecule has 1 atom stereocenters. The van der Waals surface area contributed by atoms with Gasteiger partial charge in [0.05, 0.1) is 12.8 Å². The molecule has 2 N–H and O–H groups in total. The van der Waals surface area contributed by atoms with Gasteiger partial charge in [0, 0.05) is 0 Å². The summed E-state index contributed by atoms with van der Waals surface area (Å²) in [6, 6.07) is 0. The lowest BCUT2D eigenvalue weighted by atomic mass is 9.79. The van der Waals surface area contributed by atoms with Crippen molar-refractivity contribution in [2.24, 2.45) is 11.3 Å². The van der Waals surface area contributed by atoms with Gasteiger partial charge in [-0.05, 0) is 24.2 Å². The van der Waals surface area contributed by atoms with Crippen molar-refractivity contribution in [2.75, 3.05) is 0 Å². The zero-order chi connectivity index (χ0) is 10.8. The van der Waals surface area contributed by atoms with E-state index < -0.39 is 17.4 Å². The predicted octanol–water partition coefficient (Wildman–Crippen LogP) is 1.74. The first kappa shape index (κ1) is 11.0. The van der Waals surface area contributed by atoms with E-state index in [0.717, 1.165) is 19.3 Å². The molecule has 0 aromatic heterocycles. The van der Waals surface area contributed by atoms with Crippen LogP contribution in [0.25, 0.3) is 0 Å². The molecule has 80 valence electrons. The maximum absolute atomic E-state index is 10.7. The maximum atomic E-state index is 10.7. The molecule has 0 spiro atoms. The normalized spacial score (nSPS) is 24.8. The first-order valence-electron chi connectivity index (χ1n) is 4.87. The summed E-state index contributed by atoms with van der Waals surface area (Å²) in [6.07, 6.45) is 2.38. The summed E-state index contributed by atoms with van der Waals surface area (Å²) < 4.78 is 0. The molecule has 0 unspecified atom stereocenters. The molecular weight excluding hydrogens is 184 g/mol. The molecule has 0 saturated heterocycles. The van der Waals surface area contributed by atoms with Crippen LogP contribution in [0, 0.1) is 11.3 Å². The lowest BCUT2D eigenvalue weighted by Gasteiger charge is -2.25. The second-order valence-corrected chi connectivity index (χ2v) is 4.49. The second kappa shape index (κ2) is 3.98. The molecule has 1 saturated carbocycles. The Morgan fingerprint density at radius 1 is 1.29 bits per heavy atom. The highest BCUT2D eigenvalue weighted by atomic mass is 16.4. The zero-order valence-electron chi connectivity index (χ0n) is 8.32. The van der Waals surface area contributed by atoms with Crippen LogP contribution in [0.3, 0.4) is 0 Å². The lowest BCUT2D eigenvalue weighted by molar-refractivity contribution is -0.143. The largest absolute Gasteiger partial charge is 0.481 e. The van der Waals surface area contributed by atoms with Crippen LogP contribution in [-0.2, 0) is 9.59 Å². The summed E-state index contributed by atoms with van der Waals surface area (Å²) in [5.41, 5.74) is -0.489. The average Bonchev–Trinajstić information content (AvgIpc) is 2.28. The van der Waals surface area contributed by atoms with Gasteiger partial charge in [-0.1, -0.05) is 13.3 Å².